The van der Waals surface area contributed by atoms with Crippen molar-refractivity contribution in [1.29, 1.82) is 0 Å². The number of epoxide rings is 1. The fraction of sp³-hybridized carbons (Fsp3) is 0.889. The summed E-state index contributed by atoms with van der Waals surface area (Å²) in [4.78, 5) is 10.4. The lowest BCUT2D eigenvalue weighted by atomic mass is 10.2. The number of hydrogen-bond acceptors (Lipinski definition) is 2. The molecule has 2 atom stereocenters. The number of ether oxygens (including phenoxy) is 1. The molecule has 1 aliphatic rings. The summed E-state index contributed by atoms with van der Waals surface area (Å²) in [5.41, 5.74) is 0.259. The molecule has 2 nitrogen and oxygen atoms in total. The summed E-state index contributed by atoms with van der Waals surface area (Å²) in [6, 6.07) is 0. The Morgan fingerprint density at radius 3 is 2.08 bits per heavy atom. The fourth-order valence-electron chi connectivity index (χ4n) is 1.23. The van der Waals surface area contributed by atoms with Crippen LogP contribution in [0.5, 0.6) is 0 Å². The maximum atomic E-state index is 10.4. The lowest BCUT2D eigenvalue weighted by Crippen LogP contribution is -2.44. The van der Waals surface area contributed by atoms with E-state index in [1.165, 1.54) is 0 Å². The SMILES string of the molecule is CC(C)(C)[Si](C)(C)C1OC1C=O. The zero-order valence-corrected chi connectivity index (χ0v) is 9.55. The highest BCUT2D eigenvalue weighted by Crippen LogP contribution is 2.45. The van der Waals surface area contributed by atoms with Gasteiger partial charge in [-0.05, 0) is 5.04 Å². The average molecular weight is 186 g/mol. The zero-order valence-electron chi connectivity index (χ0n) is 8.55. The molecule has 1 fully saturated rings. The standard InChI is InChI=1S/C9H18O2Si/c1-9(2,3)12(4,5)8-7(6-10)11-8/h6-8H,1-5H3. The van der Waals surface area contributed by atoms with Crippen molar-refractivity contribution in [1.82, 2.24) is 0 Å². The van der Waals surface area contributed by atoms with Crippen LogP contribution in [0.1, 0.15) is 20.8 Å². The molecule has 0 amide bonds. The van der Waals surface area contributed by atoms with E-state index < -0.39 is 8.07 Å². The Morgan fingerprint density at radius 2 is 1.83 bits per heavy atom. The number of hydrogen-bond donors (Lipinski definition) is 0. The quantitative estimate of drug-likeness (QED) is 0.375. The predicted molar refractivity (Wildman–Crippen MR) is 51.9 cm³/mol. The largest absolute Gasteiger partial charge is 0.365 e. The van der Waals surface area contributed by atoms with E-state index in [1.807, 2.05) is 0 Å². The molecule has 3 heteroatoms. The second kappa shape index (κ2) is 2.67. The predicted octanol–water partition coefficient (Wildman–Crippen LogP) is 2.00. The summed E-state index contributed by atoms with van der Waals surface area (Å²) >= 11 is 0. The van der Waals surface area contributed by atoms with Crippen molar-refractivity contribution >= 4 is 14.4 Å². The molecule has 12 heavy (non-hydrogen) atoms. The van der Waals surface area contributed by atoms with E-state index >= 15 is 0 Å². The van der Waals surface area contributed by atoms with Gasteiger partial charge >= 0.3 is 0 Å². The van der Waals surface area contributed by atoms with Gasteiger partial charge < -0.3 is 9.53 Å². The minimum absolute atomic E-state index is 0.0918. The normalized spacial score (nSPS) is 30.1. The Kier molecular flexibility index (Phi) is 2.21. The van der Waals surface area contributed by atoms with Crippen LogP contribution in [0.25, 0.3) is 0 Å². The summed E-state index contributed by atoms with van der Waals surface area (Å²) in [6.45, 7) is 11.3. The van der Waals surface area contributed by atoms with Gasteiger partial charge in [0.15, 0.2) is 6.29 Å². The van der Waals surface area contributed by atoms with Crippen molar-refractivity contribution in [2.24, 2.45) is 0 Å². The van der Waals surface area contributed by atoms with Crippen LogP contribution in [-0.4, -0.2) is 26.2 Å². The molecule has 1 saturated heterocycles. The van der Waals surface area contributed by atoms with Gasteiger partial charge in [-0.1, -0.05) is 33.9 Å². The fourth-order valence-corrected chi connectivity index (χ4v) is 3.49. The number of carbonyl (C=O) groups is 1. The molecular weight excluding hydrogens is 168 g/mol. The molecule has 1 rings (SSSR count). The van der Waals surface area contributed by atoms with Gasteiger partial charge in [-0.3, -0.25) is 0 Å². The summed E-state index contributed by atoms with van der Waals surface area (Å²) in [7, 11) is -1.41. The molecule has 1 heterocycles. The molecule has 0 aromatic heterocycles. The van der Waals surface area contributed by atoms with E-state index in [4.69, 9.17) is 4.74 Å². The lowest BCUT2D eigenvalue weighted by molar-refractivity contribution is -0.108. The topological polar surface area (TPSA) is 29.6 Å². The monoisotopic (exact) mass is 186 g/mol. The summed E-state index contributed by atoms with van der Waals surface area (Å²) < 4.78 is 5.35. The van der Waals surface area contributed by atoms with E-state index in [0.29, 0.717) is 5.04 Å². The summed E-state index contributed by atoms with van der Waals surface area (Å²) in [5, 5.41) is 0.315. The van der Waals surface area contributed by atoms with Crippen LogP contribution >= 0.6 is 0 Å². The maximum absolute atomic E-state index is 10.4. The van der Waals surface area contributed by atoms with Crippen molar-refractivity contribution in [3.05, 3.63) is 0 Å². The van der Waals surface area contributed by atoms with Crippen LogP contribution in [0.4, 0.5) is 0 Å². The molecule has 0 aromatic carbocycles. The molecular formula is C9H18O2Si. The van der Waals surface area contributed by atoms with E-state index in [1.54, 1.807) is 0 Å². The Bertz CT molecular complexity index is 193. The van der Waals surface area contributed by atoms with Crippen LogP contribution in [0.3, 0.4) is 0 Å². The van der Waals surface area contributed by atoms with Gasteiger partial charge in [0.1, 0.15) is 6.10 Å². The Labute approximate surface area is 75.3 Å². The zero-order chi connectivity index (χ0) is 9.57. The first-order valence-corrected chi connectivity index (χ1v) is 7.49. The van der Waals surface area contributed by atoms with Crippen LogP contribution in [-0.2, 0) is 9.53 Å². The number of aldehydes is 1. The first-order valence-electron chi connectivity index (χ1n) is 4.41. The lowest BCUT2D eigenvalue weighted by Gasteiger charge is -2.35. The second-order valence-electron chi connectivity index (χ2n) is 5.13. The molecule has 0 N–H and O–H groups in total. The molecule has 0 aromatic rings. The van der Waals surface area contributed by atoms with Crippen molar-refractivity contribution in [2.45, 2.75) is 50.7 Å². The van der Waals surface area contributed by atoms with Gasteiger partial charge in [-0.15, -0.1) is 0 Å². The third kappa shape index (κ3) is 1.48. The molecule has 0 radical (unpaired) electrons. The van der Waals surface area contributed by atoms with E-state index in [9.17, 15) is 4.79 Å². The molecule has 70 valence electrons. The molecule has 0 spiro atoms. The van der Waals surface area contributed by atoms with E-state index in [-0.39, 0.29) is 11.8 Å². The highest BCUT2D eigenvalue weighted by Gasteiger charge is 2.55. The van der Waals surface area contributed by atoms with Crippen molar-refractivity contribution in [3.8, 4) is 0 Å². The minimum Gasteiger partial charge on any atom is -0.365 e. The van der Waals surface area contributed by atoms with Gasteiger partial charge in [-0.2, -0.15) is 0 Å². The van der Waals surface area contributed by atoms with E-state index in [2.05, 4.69) is 33.9 Å². The summed E-state index contributed by atoms with van der Waals surface area (Å²) in [6.07, 6.45) is 0.844. The van der Waals surface area contributed by atoms with Gasteiger partial charge in [0.05, 0.1) is 13.8 Å². The van der Waals surface area contributed by atoms with Crippen LogP contribution in [0.2, 0.25) is 18.1 Å². The van der Waals surface area contributed by atoms with Gasteiger partial charge in [0.25, 0.3) is 0 Å². The molecule has 0 saturated carbocycles. The highest BCUT2D eigenvalue weighted by molar-refractivity contribution is 6.82. The smallest absolute Gasteiger partial charge is 0.151 e. The highest BCUT2D eigenvalue weighted by atomic mass is 28.3. The van der Waals surface area contributed by atoms with E-state index in [0.717, 1.165) is 6.29 Å². The van der Waals surface area contributed by atoms with Gasteiger partial charge in [-0.25, -0.2) is 0 Å². The summed E-state index contributed by atoms with van der Waals surface area (Å²) in [5.74, 6) is 0. The first kappa shape index (κ1) is 9.93. The number of rotatable bonds is 2. The molecule has 0 bridgehead atoms. The molecule has 1 aliphatic heterocycles. The van der Waals surface area contributed by atoms with Crippen LogP contribution < -0.4 is 0 Å². The van der Waals surface area contributed by atoms with Crippen LogP contribution in [0, 0.1) is 0 Å². The van der Waals surface area contributed by atoms with Gasteiger partial charge in [0, 0.05) is 0 Å². The second-order valence-corrected chi connectivity index (χ2v) is 10.6. The van der Waals surface area contributed by atoms with Crippen LogP contribution in [0.15, 0.2) is 0 Å². The Morgan fingerprint density at radius 1 is 1.33 bits per heavy atom. The third-order valence-corrected chi connectivity index (χ3v) is 9.06. The Hall–Kier alpha value is -0.153. The first-order chi connectivity index (χ1) is 5.30. The Balaban J connectivity index is 2.68. The van der Waals surface area contributed by atoms with Crippen molar-refractivity contribution in [2.75, 3.05) is 0 Å². The maximum Gasteiger partial charge on any atom is 0.151 e. The average Bonchev–Trinajstić information content (AvgIpc) is 2.62. The third-order valence-electron chi connectivity index (χ3n) is 3.30. The molecule has 2 unspecified atom stereocenters. The van der Waals surface area contributed by atoms with Crippen molar-refractivity contribution in [3.63, 3.8) is 0 Å². The van der Waals surface area contributed by atoms with Gasteiger partial charge in [0.2, 0.25) is 0 Å². The number of carbonyl (C=O) groups excluding carboxylic acids is 1. The minimum atomic E-state index is -1.41. The molecule has 0 aliphatic carbocycles. The van der Waals surface area contributed by atoms with Crippen molar-refractivity contribution < 1.29 is 9.53 Å².